The quantitative estimate of drug-likeness (QED) is 0.225. The largest absolute Gasteiger partial charge is 0.323 e. The lowest BCUT2D eigenvalue weighted by atomic mass is 9.94. The van der Waals surface area contributed by atoms with Crippen LogP contribution in [-0.2, 0) is 14.8 Å². The number of aromatic nitrogens is 2. The van der Waals surface area contributed by atoms with Gasteiger partial charge in [-0.3, -0.25) is 9.89 Å². The molecule has 2 N–H and O–H groups in total. The summed E-state index contributed by atoms with van der Waals surface area (Å²) in [4.78, 5) is 13.0. The van der Waals surface area contributed by atoms with Gasteiger partial charge in [-0.1, -0.05) is 71.4 Å². The van der Waals surface area contributed by atoms with Crippen LogP contribution >= 0.6 is 35.0 Å². The first-order valence-electron chi connectivity index (χ1n) is 11.5. The SMILES string of the molecule is Cc1cccc(C)c1-c1c(SCC(=O)Nc2c(Cl)cccc2Cl)n[nH]c1-c1cccc(S(=O)(=O)N(C)C)c1. The first kappa shape index (κ1) is 28.2. The maximum absolute atomic E-state index is 12.8. The molecule has 0 atom stereocenters. The molecule has 0 aliphatic rings. The van der Waals surface area contributed by atoms with E-state index >= 15 is 0 Å². The molecule has 0 aliphatic carbocycles. The molecule has 0 saturated carbocycles. The molecule has 0 saturated heterocycles. The van der Waals surface area contributed by atoms with Crippen LogP contribution in [0.4, 0.5) is 5.69 Å². The van der Waals surface area contributed by atoms with Crippen LogP contribution in [0.25, 0.3) is 22.4 Å². The minimum Gasteiger partial charge on any atom is -0.323 e. The van der Waals surface area contributed by atoms with Gasteiger partial charge in [0.25, 0.3) is 0 Å². The monoisotopic (exact) mass is 588 g/mol. The Morgan fingerprint density at radius 1 is 0.974 bits per heavy atom. The van der Waals surface area contributed by atoms with E-state index in [1.807, 2.05) is 38.1 Å². The Kier molecular flexibility index (Phi) is 8.54. The van der Waals surface area contributed by atoms with Gasteiger partial charge in [0.2, 0.25) is 15.9 Å². The molecule has 3 aromatic carbocycles. The van der Waals surface area contributed by atoms with Crippen molar-refractivity contribution in [3.05, 3.63) is 81.8 Å². The van der Waals surface area contributed by atoms with Gasteiger partial charge < -0.3 is 5.32 Å². The second-order valence-corrected chi connectivity index (χ2v) is 12.7. The number of H-pyrrole nitrogens is 1. The van der Waals surface area contributed by atoms with Crippen molar-refractivity contribution in [1.82, 2.24) is 14.5 Å². The van der Waals surface area contributed by atoms with Gasteiger partial charge in [-0.25, -0.2) is 12.7 Å². The van der Waals surface area contributed by atoms with Crippen LogP contribution in [0.2, 0.25) is 10.0 Å². The molecular formula is C27H26Cl2N4O3S2. The van der Waals surface area contributed by atoms with Gasteiger partial charge in [-0.2, -0.15) is 5.10 Å². The summed E-state index contributed by atoms with van der Waals surface area (Å²) in [5, 5.41) is 11.7. The molecule has 38 heavy (non-hydrogen) atoms. The molecule has 0 bridgehead atoms. The number of hydrogen-bond donors (Lipinski definition) is 2. The van der Waals surface area contributed by atoms with Gasteiger partial charge in [-0.15, -0.1) is 0 Å². The second kappa shape index (κ2) is 11.5. The average molecular weight is 590 g/mol. The summed E-state index contributed by atoms with van der Waals surface area (Å²) in [6.45, 7) is 4.01. The first-order valence-corrected chi connectivity index (χ1v) is 14.7. The molecular weight excluding hydrogens is 563 g/mol. The highest BCUT2D eigenvalue weighted by Gasteiger charge is 2.23. The molecule has 1 amide bonds. The molecule has 7 nitrogen and oxygen atoms in total. The Bertz CT molecular complexity index is 1580. The number of aryl methyl sites for hydroxylation is 2. The standard InChI is InChI=1S/C27H26Cl2N4O3S2/c1-16-8-5-9-17(2)23(16)24-25(18-10-6-11-19(14-18)38(35,36)33(3)4)31-32-27(24)37-15-22(34)30-26-20(28)12-7-13-21(26)29/h5-14H,15H2,1-4H3,(H,30,34)(H,31,32). The topological polar surface area (TPSA) is 95.2 Å². The van der Waals surface area contributed by atoms with Gasteiger partial charge in [0.1, 0.15) is 5.03 Å². The van der Waals surface area contributed by atoms with E-state index in [4.69, 9.17) is 23.2 Å². The summed E-state index contributed by atoms with van der Waals surface area (Å²) in [5.74, 6) is -0.236. The van der Waals surface area contributed by atoms with Crippen molar-refractivity contribution in [3.63, 3.8) is 0 Å². The number of anilines is 1. The van der Waals surface area contributed by atoms with Crippen LogP contribution in [0.1, 0.15) is 11.1 Å². The number of aromatic amines is 1. The molecule has 0 radical (unpaired) electrons. The number of para-hydroxylation sites is 1. The Morgan fingerprint density at radius 3 is 2.21 bits per heavy atom. The smallest absolute Gasteiger partial charge is 0.242 e. The normalized spacial score (nSPS) is 11.7. The fourth-order valence-electron chi connectivity index (χ4n) is 4.03. The summed E-state index contributed by atoms with van der Waals surface area (Å²) in [7, 11) is -0.641. The minimum atomic E-state index is -3.63. The fourth-order valence-corrected chi connectivity index (χ4v) is 6.27. The summed E-state index contributed by atoms with van der Waals surface area (Å²) in [5.41, 5.74) is 5.51. The summed E-state index contributed by atoms with van der Waals surface area (Å²) in [6.07, 6.45) is 0. The molecule has 1 aromatic heterocycles. The average Bonchev–Trinajstić information content (AvgIpc) is 3.28. The van der Waals surface area contributed by atoms with E-state index in [9.17, 15) is 13.2 Å². The van der Waals surface area contributed by atoms with Gasteiger partial charge in [0, 0.05) is 25.2 Å². The Balaban J connectivity index is 1.74. The highest BCUT2D eigenvalue weighted by Crippen LogP contribution is 2.41. The van der Waals surface area contributed by atoms with Gasteiger partial charge in [-0.05, 0) is 54.8 Å². The summed E-state index contributed by atoms with van der Waals surface area (Å²) in [6, 6.07) is 17.7. The van der Waals surface area contributed by atoms with E-state index in [1.165, 1.54) is 30.2 Å². The van der Waals surface area contributed by atoms with Crippen molar-refractivity contribution >= 4 is 56.6 Å². The number of halogens is 2. The second-order valence-electron chi connectivity index (χ2n) is 8.79. The molecule has 0 spiro atoms. The molecule has 4 aromatic rings. The number of benzene rings is 3. The van der Waals surface area contributed by atoms with Crippen LogP contribution in [0.5, 0.6) is 0 Å². The van der Waals surface area contributed by atoms with Crippen LogP contribution < -0.4 is 5.32 Å². The van der Waals surface area contributed by atoms with E-state index in [-0.39, 0.29) is 16.6 Å². The van der Waals surface area contributed by atoms with E-state index in [0.717, 1.165) is 22.3 Å². The number of nitrogens with zero attached hydrogens (tertiary/aromatic N) is 2. The van der Waals surface area contributed by atoms with Gasteiger partial charge in [0.05, 0.1) is 32.1 Å². The van der Waals surface area contributed by atoms with Crippen molar-refractivity contribution in [2.75, 3.05) is 25.2 Å². The maximum atomic E-state index is 12.8. The maximum Gasteiger partial charge on any atom is 0.242 e. The van der Waals surface area contributed by atoms with Crippen molar-refractivity contribution in [1.29, 1.82) is 0 Å². The number of rotatable bonds is 8. The predicted molar refractivity (Wildman–Crippen MR) is 156 cm³/mol. The zero-order chi connectivity index (χ0) is 27.6. The van der Waals surface area contributed by atoms with Crippen molar-refractivity contribution in [3.8, 4) is 22.4 Å². The zero-order valence-electron chi connectivity index (χ0n) is 21.2. The molecule has 0 fully saturated rings. The molecule has 11 heteroatoms. The lowest BCUT2D eigenvalue weighted by Crippen LogP contribution is -2.22. The predicted octanol–water partition coefficient (Wildman–Crippen LogP) is 6.65. The van der Waals surface area contributed by atoms with Crippen molar-refractivity contribution in [2.45, 2.75) is 23.8 Å². The molecule has 1 heterocycles. The zero-order valence-corrected chi connectivity index (χ0v) is 24.3. The van der Waals surface area contributed by atoms with E-state index in [2.05, 4.69) is 15.5 Å². The highest BCUT2D eigenvalue weighted by atomic mass is 35.5. The highest BCUT2D eigenvalue weighted by molar-refractivity contribution is 8.00. The van der Waals surface area contributed by atoms with E-state index < -0.39 is 10.0 Å². The van der Waals surface area contributed by atoms with Crippen molar-refractivity contribution in [2.24, 2.45) is 0 Å². The van der Waals surface area contributed by atoms with E-state index in [1.54, 1.807) is 36.4 Å². The molecule has 4 rings (SSSR count). The van der Waals surface area contributed by atoms with Crippen LogP contribution in [-0.4, -0.2) is 48.7 Å². The lowest BCUT2D eigenvalue weighted by molar-refractivity contribution is -0.113. The number of thioether (sulfide) groups is 1. The third kappa shape index (κ3) is 5.77. The number of hydrogen-bond acceptors (Lipinski definition) is 5. The summed E-state index contributed by atoms with van der Waals surface area (Å²) < 4.78 is 26.8. The first-order chi connectivity index (χ1) is 18.0. The van der Waals surface area contributed by atoms with E-state index in [0.29, 0.717) is 32.0 Å². The summed E-state index contributed by atoms with van der Waals surface area (Å²) >= 11 is 13.7. The number of nitrogens with one attached hydrogen (secondary N) is 2. The van der Waals surface area contributed by atoms with Crippen LogP contribution in [0.3, 0.4) is 0 Å². The minimum absolute atomic E-state index is 0.0544. The number of carbonyl (C=O) groups is 1. The lowest BCUT2D eigenvalue weighted by Gasteiger charge is -2.14. The van der Waals surface area contributed by atoms with Gasteiger partial charge in [0.15, 0.2) is 0 Å². The number of amides is 1. The van der Waals surface area contributed by atoms with Gasteiger partial charge >= 0.3 is 0 Å². The molecule has 0 aliphatic heterocycles. The molecule has 0 unspecified atom stereocenters. The Morgan fingerprint density at radius 2 is 1.58 bits per heavy atom. The third-order valence-corrected chi connectivity index (χ3v) is 9.35. The van der Waals surface area contributed by atoms with Crippen LogP contribution in [0, 0.1) is 13.8 Å². The Hall–Kier alpha value is -2.82. The number of carbonyl (C=O) groups excluding carboxylic acids is 1. The Labute approximate surface area is 236 Å². The third-order valence-electron chi connectivity index (χ3n) is 5.93. The van der Waals surface area contributed by atoms with Crippen molar-refractivity contribution < 1.29 is 13.2 Å². The fraction of sp³-hybridized carbons (Fsp3) is 0.185. The molecule has 198 valence electrons. The van der Waals surface area contributed by atoms with Crippen LogP contribution in [0.15, 0.2) is 70.6 Å². The number of sulfonamides is 1.